The predicted octanol–water partition coefficient (Wildman–Crippen LogP) is 2.50. The summed E-state index contributed by atoms with van der Waals surface area (Å²) in [5.74, 6) is -0.526. The number of carboxylic acids is 1. The molecule has 1 aromatic carbocycles. The number of aromatic hydroxyl groups is 1. The molecular weight excluding hydrogens is 242 g/mol. The number of likely N-dealkylation sites (tertiary alicyclic amines) is 1. The summed E-state index contributed by atoms with van der Waals surface area (Å²) < 4.78 is 0. The molecule has 19 heavy (non-hydrogen) atoms. The van der Waals surface area contributed by atoms with Crippen molar-refractivity contribution in [1.82, 2.24) is 4.90 Å². The van der Waals surface area contributed by atoms with Crippen LogP contribution in [0.5, 0.6) is 5.75 Å². The average molecular weight is 263 g/mol. The van der Waals surface area contributed by atoms with Crippen molar-refractivity contribution in [3.8, 4) is 5.75 Å². The van der Waals surface area contributed by atoms with Crippen LogP contribution in [0.1, 0.15) is 31.9 Å². The minimum absolute atomic E-state index is 0.184. The first-order chi connectivity index (χ1) is 9.02. The maximum Gasteiger partial charge on any atom is 0.308 e. The molecule has 4 heteroatoms. The summed E-state index contributed by atoms with van der Waals surface area (Å²) in [6.45, 7) is 5.53. The summed E-state index contributed by atoms with van der Waals surface area (Å²) in [5, 5.41) is 18.5. The smallest absolute Gasteiger partial charge is 0.308 e. The van der Waals surface area contributed by atoms with Crippen LogP contribution in [0.2, 0.25) is 0 Å². The van der Waals surface area contributed by atoms with Crippen LogP contribution in [-0.2, 0) is 4.79 Å². The summed E-state index contributed by atoms with van der Waals surface area (Å²) in [6.07, 6.45) is 0.934. The Morgan fingerprint density at radius 3 is 2.47 bits per heavy atom. The first-order valence-electron chi connectivity index (χ1n) is 6.78. The van der Waals surface area contributed by atoms with Gasteiger partial charge in [-0.1, -0.05) is 26.0 Å². The second kappa shape index (κ2) is 5.61. The zero-order valence-electron chi connectivity index (χ0n) is 11.4. The zero-order chi connectivity index (χ0) is 14.0. The summed E-state index contributed by atoms with van der Waals surface area (Å²) in [5.41, 5.74) is 1.14. The van der Waals surface area contributed by atoms with Crippen molar-refractivity contribution < 1.29 is 15.0 Å². The Bertz CT molecular complexity index is 443. The molecule has 1 aliphatic heterocycles. The van der Waals surface area contributed by atoms with Crippen molar-refractivity contribution in [3.05, 3.63) is 29.8 Å². The van der Waals surface area contributed by atoms with Gasteiger partial charge in [0.1, 0.15) is 5.75 Å². The largest absolute Gasteiger partial charge is 0.508 e. The number of aliphatic carboxylic acids is 1. The number of nitrogens with zero attached hydrogens (tertiary/aromatic N) is 1. The van der Waals surface area contributed by atoms with Gasteiger partial charge in [0.25, 0.3) is 0 Å². The predicted molar refractivity (Wildman–Crippen MR) is 73.0 cm³/mol. The van der Waals surface area contributed by atoms with E-state index in [-0.39, 0.29) is 23.6 Å². The van der Waals surface area contributed by atoms with Crippen molar-refractivity contribution in [1.29, 1.82) is 0 Å². The third kappa shape index (κ3) is 2.89. The third-order valence-electron chi connectivity index (χ3n) is 4.06. The highest BCUT2D eigenvalue weighted by Gasteiger charge is 2.37. The summed E-state index contributed by atoms with van der Waals surface area (Å²) in [7, 11) is 0. The fourth-order valence-electron chi connectivity index (χ4n) is 2.98. The maximum atomic E-state index is 11.2. The van der Waals surface area contributed by atoms with Gasteiger partial charge in [-0.15, -0.1) is 0 Å². The average Bonchev–Trinajstić information content (AvgIpc) is 2.75. The maximum absolute atomic E-state index is 11.2. The number of benzene rings is 1. The molecule has 4 nitrogen and oxygen atoms in total. The Morgan fingerprint density at radius 2 is 2.00 bits per heavy atom. The van der Waals surface area contributed by atoms with Gasteiger partial charge in [0.15, 0.2) is 0 Å². The molecule has 1 fully saturated rings. The van der Waals surface area contributed by atoms with Crippen molar-refractivity contribution in [2.45, 2.75) is 26.3 Å². The molecule has 0 saturated carbocycles. The first kappa shape index (κ1) is 13.9. The van der Waals surface area contributed by atoms with E-state index in [2.05, 4.69) is 11.8 Å². The number of phenols is 1. The van der Waals surface area contributed by atoms with Gasteiger partial charge in [-0.3, -0.25) is 9.69 Å². The zero-order valence-corrected chi connectivity index (χ0v) is 11.4. The van der Waals surface area contributed by atoms with Crippen molar-refractivity contribution in [2.75, 3.05) is 13.1 Å². The van der Waals surface area contributed by atoms with E-state index in [1.807, 2.05) is 19.1 Å². The van der Waals surface area contributed by atoms with E-state index >= 15 is 0 Å². The molecular formula is C15H21NO3. The molecule has 1 heterocycles. The second-order valence-electron chi connectivity index (χ2n) is 5.39. The molecule has 0 bridgehead atoms. The number of phenolic OH excluding ortho intramolecular Hbond substituents is 1. The van der Waals surface area contributed by atoms with E-state index in [1.165, 1.54) is 0 Å². The minimum Gasteiger partial charge on any atom is -0.508 e. The van der Waals surface area contributed by atoms with Crippen LogP contribution in [0.25, 0.3) is 0 Å². The molecule has 1 saturated heterocycles. The minimum atomic E-state index is -0.699. The lowest BCUT2D eigenvalue weighted by Gasteiger charge is -2.27. The molecule has 3 unspecified atom stereocenters. The second-order valence-corrected chi connectivity index (χ2v) is 5.39. The monoisotopic (exact) mass is 263 g/mol. The number of rotatable bonds is 4. The summed E-state index contributed by atoms with van der Waals surface area (Å²) in [6, 6.07) is 7.44. The van der Waals surface area contributed by atoms with Gasteiger partial charge < -0.3 is 10.2 Å². The van der Waals surface area contributed by atoms with Crippen LogP contribution < -0.4 is 0 Å². The van der Waals surface area contributed by atoms with E-state index in [4.69, 9.17) is 0 Å². The molecule has 2 rings (SSSR count). The molecule has 0 amide bonds. The standard InChI is InChI=1S/C15H21NO3/c1-3-14(11-4-6-12(17)7-5-11)16-8-10(2)13(9-16)15(18)19/h4-7,10,13-14,17H,3,8-9H2,1-2H3,(H,18,19). The highest BCUT2D eigenvalue weighted by Crippen LogP contribution is 2.33. The summed E-state index contributed by atoms with van der Waals surface area (Å²) >= 11 is 0. The molecule has 1 aromatic rings. The van der Waals surface area contributed by atoms with E-state index in [0.717, 1.165) is 18.5 Å². The normalized spacial score (nSPS) is 25.4. The van der Waals surface area contributed by atoms with E-state index in [9.17, 15) is 15.0 Å². The van der Waals surface area contributed by atoms with Gasteiger partial charge in [0.05, 0.1) is 5.92 Å². The third-order valence-corrected chi connectivity index (χ3v) is 4.06. The van der Waals surface area contributed by atoms with Crippen LogP contribution in [0.15, 0.2) is 24.3 Å². The number of hydrogen-bond acceptors (Lipinski definition) is 3. The van der Waals surface area contributed by atoms with Crippen LogP contribution in [0, 0.1) is 11.8 Å². The molecule has 0 aromatic heterocycles. The lowest BCUT2D eigenvalue weighted by molar-refractivity contribution is -0.142. The van der Waals surface area contributed by atoms with Gasteiger partial charge >= 0.3 is 5.97 Å². The molecule has 2 N–H and O–H groups in total. The molecule has 1 aliphatic rings. The molecule has 0 spiro atoms. The molecule has 0 radical (unpaired) electrons. The Morgan fingerprint density at radius 1 is 1.37 bits per heavy atom. The fraction of sp³-hybridized carbons (Fsp3) is 0.533. The Kier molecular flexibility index (Phi) is 4.10. The van der Waals surface area contributed by atoms with Crippen LogP contribution in [-0.4, -0.2) is 34.2 Å². The Balaban J connectivity index is 2.15. The Labute approximate surface area is 113 Å². The quantitative estimate of drug-likeness (QED) is 0.876. The number of carboxylic acid groups (broad SMARTS) is 1. The van der Waals surface area contributed by atoms with Crippen molar-refractivity contribution in [2.24, 2.45) is 11.8 Å². The summed E-state index contributed by atoms with van der Waals surface area (Å²) in [4.78, 5) is 13.4. The van der Waals surface area contributed by atoms with E-state index in [0.29, 0.717) is 6.54 Å². The number of carbonyl (C=O) groups is 1. The highest BCUT2D eigenvalue weighted by molar-refractivity contribution is 5.71. The van der Waals surface area contributed by atoms with Gasteiger partial charge in [-0.05, 0) is 30.0 Å². The van der Waals surface area contributed by atoms with Crippen LogP contribution in [0.3, 0.4) is 0 Å². The first-order valence-corrected chi connectivity index (χ1v) is 6.78. The molecule has 104 valence electrons. The van der Waals surface area contributed by atoms with Crippen LogP contribution in [0.4, 0.5) is 0 Å². The van der Waals surface area contributed by atoms with Gasteiger partial charge in [-0.2, -0.15) is 0 Å². The topological polar surface area (TPSA) is 60.8 Å². The Hall–Kier alpha value is -1.55. The van der Waals surface area contributed by atoms with E-state index in [1.54, 1.807) is 12.1 Å². The van der Waals surface area contributed by atoms with Crippen molar-refractivity contribution >= 4 is 5.97 Å². The van der Waals surface area contributed by atoms with Gasteiger partial charge in [0, 0.05) is 19.1 Å². The fourth-order valence-corrected chi connectivity index (χ4v) is 2.98. The SMILES string of the molecule is CCC(c1ccc(O)cc1)N1CC(C)C(C(=O)O)C1. The van der Waals surface area contributed by atoms with E-state index < -0.39 is 5.97 Å². The van der Waals surface area contributed by atoms with Gasteiger partial charge in [0.2, 0.25) is 0 Å². The van der Waals surface area contributed by atoms with Crippen molar-refractivity contribution in [3.63, 3.8) is 0 Å². The lowest BCUT2D eigenvalue weighted by atomic mass is 9.99. The van der Waals surface area contributed by atoms with Crippen LogP contribution >= 0.6 is 0 Å². The lowest BCUT2D eigenvalue weighted by Crippen LogP contribution is -2.27. The highest BCUT2D eigenvalue weighted by atomic mass is 16.4. The molecule has 0 aliphatic carbocycles. The van der Waals surface area contributed by atoms with Gasteiger partial charge in [-0.25, -0.2) is 0 Å². The molecule has 3 atom stereocenters. The number of hydrogen-bond donors (Lipinski definition) is 2.